The van der Waals surface area contributed by atoms with Gasteiger partial charge in [0.15, 0.2) is 0 Å². The van der Waals surface area contributed by atoms with Crippen LogP contribution in [0.25, 0.3) is 22.3 Å². The number of nitrogens with one attached hydrogen (secondary N) is 1. The molecular weight excluding hydrogens is 573 g/mol. The predicted octanol–water partition coefficient (Wildman–Crippen LogP) is 6.28. The minimum Gasteiger partial charge on any atom is -0.493 e. The molecule has 2 aliphatic heterocycles. The molecule has 1 fully saturated rings. The SMILES string of the molecule is C1COC1.Cn1c(Cc2cc(F)c3cc2OCCCc2cc(C#N)ccc2CNc2cccc-3n2)nc2ccc(C(=O)O)cc21. The first-order valence-electron chi connectivity index (χ1n) is 14.8. The fourth-order valence-corrected chi connectivity index (χ4v) is 5.32. The standard InChI is InChI=1S/C32H26FN5O3.C3H6O/c1-38-28-14-21(32(39)40)9-10-27(28)37-31(38)15-23-13-25(33)24-16-29(23)41-11-3-4-20-12-19(17-34)7-8-22(20)18-35-30-6-2-5-26(24)36-30;1-2-4-3-1/h2,5-10,12-14,16H,3-4,11,15,18H2,1H3,(H,35,36)(H,39,40);1-3H2. The summed E-state index contributed by atoms with van der Waals surface area (Å²) in [6, 6.07) is 21.2. The Morgan fingerprint density at radius 3 is 2.62 bits per heavy atom. The molecule has 0 atom stereocenters. The number of benzene rings is 3. The van der Waals surface area contributed by atoms with Crippen LogP contribution in [0.1, 0.15) is 51.3 Å². The quantitative estimate of drug-likeness (QED) is 0.247. The third-order valence-electron chi connectivity index (χ3n) is 7.96. The summed E-state index contributed by atoms with van der Waals surface area (Å²) in [6.45, 7) is 2.91. The van der Waals surface area contributed by atoms with Gasteiger partial charge in [-0.2, -0.15) is 5.26 Å². The van der Waals surface area contributed by atoms with Crippen LogP contribution in [0.5, 0.6) is 5.75 Å². The van der Waals surface area contributed by atoms with Crippen molar-refractivity contribution in [3.8, 4) is 23.1 Å². The number of carboxylic acid groups (broad SMARTS) is 1. The number of anilines is 1. The maximum Gasteiger partial charge on any atom is 0.335 e. The largest absolute Gasteiger partial charge is 0.493 e. The summed E-state index contributed by atoms with van der Waals surface area (Å²) in [5.41, 5.74) is 5.67. The number of aromatic carboxylic acids is 1. The smallest absolute Gasteiger partial charge is 0.335 e. The molecule has 4 bridgehead atoms. The average Bonchev–Trinajstić information content (AvgIpc) is 3.32. The summed E-state index contributed by atoms with van der Waals surface area (Å²) in [5, 5.41) is 22.1. The second-order valence-corrected chi connectivity index (χ2v) is 11.0. The number of rotatable bonds is 3. The van der Waals surface area contributed by atoms with Gasteiger partial charge in [0.2, 0.25) is 0 Å². The first kappa shape index (κ1) is 29.8. The molecule has 2 aromatic heterocycles. The highest BCUT2D eigenvalue weighted by molar-refractivity contribution is 5.92. The zero-order valence-electron chi connectivity index (χ0n) is 24.8. The topological polar surface area (TPSA) is 122 Å². The number of carboxylic acids is 1. The summed E-state index contributed by atoms with van der Waals surface area (Å²) in [7, 11) is 1.81. The molecule has 7 rings (SSSR count). The molecule has 45 heavy (non-hydrogen) atoms. The third kappa shape index (κ3) is 6.64. The summed E-state index contributed by atoms with van der Waals surface area (Å²) < 4.78 is 28.4. The second-order valence-electron chi connectivity index (χ2n) is 11.0. The Labute approximate surface area is 259 Å². The van der Waals surface area contributed by atoms with E-state index in [1.165, 1.54) is 18.6 Å². The maximum atomic E-state index is 15.6. The number of aryl methyl sites for hydroxylation is 2. The van der Waals surface area contributed by atoms with Gasteiger partial charge in [0.1, 0.15) is 23.2 Å². The number of hydrogen-bond acceptors (Lipinski definition) is 7. The Morgan fingerprint density at radius 2 is 1.87 bits per heavy atom. The van der Waals surface area contributed by atoms with Gasteiger partial charge in [0, 0.05) is 44.4 Å². The first-order chi connectivity index (χ1) is 21.9. The highest BCUT2D eigenvalue weighted by Gasteiger charge is 2.19. The van der Waals surface area contributed by atoms with Gasteiger partial charge in [0.25, 0.3) is 0 Å². The molecule has 0 spiro atoms. The number of nitriles is 1. The third-order valence-corrected chi connectivity index (χ3v) is 7.96. The number of carbonyl (C=O) groups is 1. The van der Waals surface area contributed by atoms with E-state index in [-0.39, 0.29) is 12.0 Å². The van der Waals surface area contributed by atoms with Crippen molar-refractivity contribution in [1.29, 1.82) is 5.26 Å². The number of aromatic nitrogens is 3. The van der Waals surface area contributed by atoms with E-state index in [9.17, 15) is 15.2 Å². The Bertz CT molecular complexity index is 1920. The van der Waals surface area contributed by atoms with E-state index in [1.54, 1.807) is 30.3 Å². The van der Waals surface area contributed by atoms with Crippen LogP contribution in [-0.2, 0) is 31.2 Å². The molecule has 9 nitrogen and oxygen atoms in total. The molecule has 0 unspecified atom stereocenters. The zero-order valence-corrected chi connectivity index (χ0v) is 24.8. The number of fused-ring (bicyclic) bond motifs is 7. The number of halogens is 1. The van der Waals surface area contributed by atoms with Crippen molar-refractivity contribution in [1.82, 2.24) is 14.5 Å². The average molecular weight is 606 g/mol. The lowest BCUT2D eigenvalue weighted by Gasteiger charge is -2.17. The van der Waals surface area contributed by atoms with Crippen molar-refractivity contribution in [2.45, 2.75) is 32.2 Å². The van der Waals surface area contributed by atoms with E-state index in [0.29, 0.717) is 76.8 Å². The van der Waals surface area contributed by atoms with Gasteiger partial charge in [-0.15, -0.1) is 0 Å². The van der Waals surface area contributed by atoms with Crippen molar-refractivity contribution < 1.29 is 23.8 Å². The van der Waals surface area contributed by atoms with Crippen LogP contribution in [0.15, 0.2) is 66.7 Å². The van der Waals surface area contributed by atoms with Crippen molar-refractivity contribution in [2.75, 3.05) is 25.1 Å². The molecule has 4 heterocycles. The van der Waals surface area contributed by atoms with Crippen LogP contribution < -0.4 is 10.1 Å². The Morgan fingerprint density at radius 1 is 1.04 bits per heavy atom. The van der Waals surface area contributed by atoms with E-state index in [0.717, 1.165) is 24.3 Å². The number of hydrogen-bond donors (Lipinski definition) is 2. The van der Waals surface area contributed by atoms with Crippen LogP contribution in [0.4, 0.5) is 10.2 Å². The fraction of sp³-hybridized carbons (Fsp3) is 0.257. The van der Waals surface area contributed by atoms with Crippen molar-refractivity contribution in [3.05, 3.63) is 106 Å². The van der Waals surface area contributed by atoms with Gasteiger partial charge >= 0.3 is 5.97 Å². The monoisotopic (exact) mass is 605 g/mol. The van der Waals surface area contributed by atoms with Gasteiger partial charge in [-0.05, 0) is 85.0 Å². The molecular formula is C35H32FN5O4. The minimum absolute atomic E-state index is 0.173. The van der Waals surface area contributed by atoms with Crippen LogP contribution >= 0.6 is 0 Å². The second kappa shape index (κ2) is 13.2. The molecule has 1 saturated heterocycles. The highest BCUT2D eigenvalue weighted by Crippen LogP contribution is 2.33. The molecule has 0 amide bonds. The van der Waals surface area contributed by atoms with Crippen LogP contribution in [0, 0.1) is 17.1 Å². The van der Waals surface area contributed by atoms with Crippen LogP contribution in [0.2, 0.25) is 0 Å². The van der Waals surface area contributed by atoms with Crippen LogP contribution in [0.3, 0.4) is 0 Å². The van der Waals surface area contributed by atoms with Gasteiger partial charge in [-0.3, -0.25) is 0 Å². The van der Waals surface area contributed by atoms with E-state index >= 15 is 4.39 Å². The van der Waals surface area contributed by atoms with Gasteiger partial charge < -0.3 is 24.5 Å². The highest BCUT2D eigenvalue weighted by atomic mass is 19.1. The molecule has 2 N–H and O–H groups in total. The van der Waals surface area contributed by atoms with Gasteiger partial charge in [0.05, 0.1) is 40.5 Å². The van der Waals surface area contributed by atoms with E-state index in [4.69, 9.17) is 9.47 Å². The van der Waals surface area contributed by atoms with Crippen LogP contribution in [-0.4, -0.2) is 45.4 Å². The maximum absolute atomic E-state index is 15.6. The minimum atomic E-state index is -1.01. The molecule has 0 radical (unpaired) electrons. The molecule has 10 heteroatoms. The number of imidazole rings is 1. The zero-order chi connectivity index (χ0) is 31.3. The molecule has 0 aliphatic carbocycles. The number of pyridine rings is 1. The first-order valence-corrected chi connectivity index (χ1v) is 14.8. The summed E-state index contributed by atoms with van der Waals surface area (Å²) in [6.07, 6.45) is 2.96. The molecule has 3 aromatic carbocycles. The van der Waals surface area contributed by atoms with Crippen molar-refractivity contribution >= 4 is 22.8 Å². The lowest BCUT2D eigenvalue weighted by atomic mass is 10.00. The normalized spacial score (nSPS) is 13.9. The van der Waals surface area contributed by atoms with E-state index < -0.39 is 11.8 Å². The Kier molecular flexibility index (Phi) is 8.71. The van der Waals surface area contributed by atoms with Gasteiger partial charge in [-0.25, -0.2) is 19.2 Å². The Hall–Kier alpha value is -5.27. The Balaban J connectivity index is 0.000000828. The van der Waals surface area contributed by atoms with Crippen molar-refractivity contribution in [3.63, 3.8) is 0 Å². The lowest BCUT2D eigenvalue weighted by molar-refractivity contribution is 0.0367. The van der Waals surface area contributed by atoms with E-state index in [1.807, 2.05) is 35.9 Å². The van der Waals surface area contributed by atoms with Gasteiger partial charge in [-0.1, -0.05) is 12.1 Å². The fourth-order valence-electron chi connectivity index (χ4n) is 5.32. The van der Waals surface area contributed by atoms with Crippen molar-refractivity contribution in [2.24, 2.45) is 7.05 Å². The summed E-state index contributed by atoms with van der Waals surface area (Å²) in [4.78, 5) is 20.8. The lowest BCUT2D eigenvalue weighted by Crippen LogP contribution is -2.09. The molecule has 0 saturated carbocycles. The molecule has 2 aliphatic rings. The summed E-state index contributed by atoms with van der Waals surface area (Å²) >= 11 is 0. The number of nitrogens with zero attached hydrogens (tertiary/aromatic N) is 4. The number of ether oxygens (including phenoxy) is 2. The van der Waals surface area contributed by atoms with E-state index in [2.05, 4.69) is 21.4 Å². The summed E-state index contributed by atoms with van der Waals surface area (Å²) in [5.74, 6) is 0.354. The predicted molar refractivity (Wildman–Crippen MR) is 168 cm³/mol. The molecule has 5 aromatic rings. The molecule has 228 valence electrons.